The molecule has 0 saturated carbocycles. The Labute approximate surface area is 127 Å². The molecule has 0 unspecified atom stereocenters. The second kappa shape index (κ2) is 5.22. The Morgan fingerprint density at radius 3 is 2.86 bits per heavy atom. The maximum Gasteiger partial charge on any atom is 0.273 e. The fourth-order valence-corrected chi connectivity index (χ4v) is 2.89. The van der Waals surface area contributed by atoms with Gasteiger partial charge in [-0.1, -0.05) is 29.5 Å². The average molecular weight is 293 g/mol. The summed E-state index contributed by atoms with van der Waals surface area (Å²) < 4.78 is 1.81. The standard InChI is InChI=1S/C16H15N5O/c22-16(15-14-4-2-1-3-13(14)5-6-17-15)20-9-12(10-20)11-21-8-7-18-19-21/h1-8,12H,9-11H2. The summed E-state index contributed by atoms with van der Waals surface area (Å²) in [5, 5.41) is 9.70. The zero-order valence-electron chi connectivity index (χ0n) is 12.0. The minimum Gasteiger partial charge on any atom is -0.336 e. The first-order valence-corrected chi connectivity index (χ1v) is 7.28. The molecule has 1 aliphatic rings. The van der Waals surface area contributed by atoms with Gasteiger partial charge in [0.15, 0.2) is 0 Å². The Kier molecular flexibility index (Phi) is 3.07. The normalized spacial score (nSPS) is 15.0. The molecule has 1 saturated heterocycles. The molecule has 3 aromatic rings. The number of carbonyl (C=O) groups is 1. The van der Waals surface area contributed by atoms with Crippen LogP contribution in [0.5, 0.6) is 0 Å². The van der Waals surface area contributed by atoms with Gasteiger partial charge in [0, 0.05) is 43.3 Å². The molecule has 22 heavy (non-hydrogen) atoms. The monoisotopic (exact) mass is 293 g/mol. The van der Waals surface area contributed by atoms with Gasteiger partial charge in [0.1, 0.15) is 5.69 Å². The van der Waals surface area contributed by atoms with E-state index in [1.165, 1.54) is 0 Å². The van der Waals surface area contributed by atoms with E-state index in [1.54, 1.807) is 12.4 Å². The summed E-state index contributed by atoms with van der Waals surface area (Å²) in [5.41, 5.74) is 0.539. The van der Waals surface area contributed by atoms with Crippen molar-refractivity contribution in [3.8, 4) is 0 Å². The highest BCUT2D eigenvalue weighted by Gasteiger charge is 2.32. The Bertz CT molecular complexity index is 803. The number of nitrogens with zero attached hydrogens (tertiary/aromatic N) is 5. The number of fused-ring (bicyclic) bond motifs is 1. The van der Waals surface area contributed by atoms with Crippen LogP contribution in [0.3, 0.4) is 0 Å². The van der Waals surface area contributed by atoms with Gasteiger partial charge in [-0.3, -0.25) is 14.5 Å². The highest BCUT2D eigenvalue weighted by atomic mass is 16.2. The van der Waals surface area contributed by atoms with E-state index in [-0.39, 0.29) is 5.91 Å². The second-order valence-electron chi connectivity index (χ2n) is 5.58. The van der Waals surface area contributed by atoms with E-state index < -0.39 is 0 Å². The van der Waals surface area contributed by atoms with Crippen LogP contribution in [0.25, 0.3) is 10.8 Å². The number of rotatable bonds is 3. The molecule has 110 valence electrons. The van der Waals surface area contributed by atoms with Crippen LogP contribution in [0.15, 0.2) is 48.9 Å². The van der Waals surface area contributed by atoms with Gasteiger partial charge in [-0.05, 0) is 11.5 Å². The Morgan fingerprint density at radius 2 is 2.05 bits per heavy atom. The highest BCUT2D eigenvalue weighted by Crippen LogP contribution is 2.23. The largest absolute Gasteiger partial charge is 0.336 e. The summed E-state index contributed by atoms with van der Waals surface area (Å²) in [4.78, 5) is 18.8. The van der Waals surface area contributed by atoms with E-state index in [4.69, 9.17) is 0 Å². The van der Waals surface area contributed by atoms with E-state index >= 15 is 0 Å². The van der Waals surface area contributed by atoms with Crippen molar-refractivity contribution in [2.45, 2.75) is 6.54 Å². The van der Waals surface area contributed by atoms with Crippen LogP contribution in [0.2, 0.25) is 0 Å². The van der Waals surface area contributed by atoms with E-state index in [0.717, 1.165) is 30.4 Å². The Balaban J connectivity index is 1.49. The fraction of sp³-hybridized carbons (Fsp3) is 0.250. The van der Waals surface area contributed by atoms with Gasteiger partial charge >= 0.3 is 0 Å². The van der Waals surface area contributed by atoms with E-state index in [9.17, 15) is 4.79 Å². The van der Waals surface area contributed by atoms with Crippen LogP contribution in [0, 0.1) is 5.92 Å². The number of hydrogen-bond acceptors (Lipinski definition) is 4. The third-order valence-electron chi connectivity index (χ3n) is 4.04. The third-order valence-corrected chi connectivity index (χ3v) is 4.04. The predicted octanol–water partition coefficient (Wildman–Crippen LogP) is 1.60. The molecule has 2 aromatic heterocycles. The second-order valence-corrected chi connectivity index (χ2v) is 5.58. The number of aromatic nitrogens is 4. The maximum atomic E-state index is 12.6. The number of pyridine rings is 1. The molecule has 1 aromatic carbocycles. The summed E-state index contributed by atoms with van der Waals surface area (Å²) in [6.45, 7) is 2.28. The van der Waals surface area contributed by atoms with E-state index in [0.29, 0.717) is 11.6 Å². The van der Waals surface area contributed by atoms with Gasteiger partial charge in [0.25, 0.3) is 5.91 Å². The third kappa shape index (κ3) is 2.22. The van der Waals surface area contributed by atoms with Crippen molar-refractivity contribution in [1.29, 1.82) is 0 Å². The molecule has 0 N–H and O–H groups in total. The molecule has 0 spiro atoms. The van der Waals surface area contributed by atoms with Crippen molar-refractivity contribution in [3.05, 3.63) is 54.6 Å². The minimum absolute atomic E-state index is 0.00615. The summed E-state index contributed by atoms with van der Waals surface area (Å²) in [5.74, 6) is 0.437. The van der Waals surface area contributed by atoms with Crippen molar-refractivity contribution in [1.82, 2.24) is 24.9 Å². The zero-order chi connectivity index (χ0) is 14.9. The minimum atomic E-state index is 0.00615. The number of benzene rings is 1. The van der Waals surface area contributed by atoms with Crippen molar-refractivity contribution >= 4 is 16.7 Å². The SMILES string of the molecule is O=C(c1nccc2ccccc12)N1CC(Cn2ccnn2)C1. The molecule has 3 heterocycles. The molecule has 0 atom stereocenters. The first kappa shape index (κ1) is 12.9. The number of carbonyl (C=O) groups excluding carboxylic acids is 1. The van der Waals surface area contributed by atoms with Crippen LogP contribution in [0.4, 0.5) is 0 Å². The van der Waals surface area contributed by atoms with Gasteiger partial charge in [-0.15, -0.1) is 5.10 Å². The van der Waals surface area contributed by atoms with Gasteiger partial charge in [-0.2, -0.15) is 0 Å². The van der Waals surface area contributed by atoms with Crippen LogP contribution in [0.1, 0.15) is 10.5 Å². The molecule has 6 heteroatoms. The van der Waals surface area contributed by atoms with Crippen LogP contribution in [-0.2, 0) is 6.54 Å². The van der Waals surface area contributed by atoms with E-state index in [1.807, 2.05) is 46.1 Å². The first-order chi connectivity index (χ1) is 10.8. The first-order valence-electron chi connectivity index (χ1n) is 7.28. The summed E-state index contributed by atoms with van der Waals surface area (Å²) >= 11 is 0. The van der Waals surface area contributed by atoms with Gasteiger partial charge in [-0.25, -0.2) is 0 Å². The predicted molar refractivity (Wildman–Crippen MR) is 81.2 cm³/mol. The molecule has 0 aliphatic carbocycles. The molecule has 6 nitrogen and oxygen atoms in total. The molecular weight excluding hydrogens is 278 g/mol. The lowest BCUT2D eigenvalue weighted by atomic mass is 9.99. The molecule has 1 amide bonds. The van der Waals surface area contributed by atoms with Crippen LogP contribution >= 0.6 is 0 Å². The number of amides is 1. The van der Waals surface area contributed by atoms with Crippen molar-refractivity contribution in [2.24, 2.45) is 5.92 Å². The van der Waals surface area contributed by atoms with Crippen molar-refractivity contribution in [3.63, 3.8) is 0 Å². The number of likely N-dealkylation sites (tertiary alicyclic amines) is 1. The zero-order valence-corrected chi connectivity index (χ0v) is 12.0. The van der Waals surface area contributed by atoms with Crippen molar-refractivity contribution in [2.75, 3.05) is 13.1 Å². The molecule has 0 bridgehead atoms. The van der Waals surface area contributed by atoms with Gasteiger partial charge in [0.05, 0.1) is 6.20 Å². The molecule has 0 radical (unpaired) electrons. The molecule has 1 aliphatic heterocycles. The lowest BCUT2D eigenvalue weighted by Gasteiger charge is -2.39. The molecule has 4 rings (SSSR count). The lowest BCUT2D eigenvalue weighted by molar-refractivity contribution is 0.0456. The topological polar surface area (TPSA) is 63.9 Å². The highest BCUT2D eigenvalue weighted by molar-refractivity contribution is 6.05. The average Bonchev–Trinajstić information content (AvgIpc) is 3.02. The summed E-state index contributed by atoms with van der Waals surface area (Å²) in [6, 6.07) is 9.77. The Hall–Kier alpha value is -2.76. The fourth-order valence-electron chi connectivity index (χ4n) is 2.89. The van der Waals surface area contributed by atoms with Crippen LogP contribution in [-0.4, -0.2) is 43.9 Å². The quantitative estimate of drug-likeness (QED) is 0.736. The lowest BCUT2D eigenvalue weighted by Crippen LogP contribution is -2.51. The summed E-state index contributed by atoms with van der Waals surface area (Å²) in [7, 11) is 0. The summed E-state index contributed by atoms with van der Waals surface area (Å²) in [6.07, 6.45) is 5.21. The van der Waals surface area contributed by atoms with Gasteiger partial charge < -0.3 is 4.90 Å². The van der Waals surface area contributed by atoms with Gasteiger partial charge in [0.2, 0.25) is 0 Å². The molecular formula is C16H15N5O. The maximum absolute atomic E-state index is 12.6. The number of hydrogen-bond donors (Lipinski definition) is 0. The van der Waals surface area contributed by atoms with Crippen molar-refractivity contribution < 1.29 is 4.79 Å². The van der Waals surface area contributed by atoms with E-state index in [2.05, 4.69) is 15.3 Å². The Morgan fingerprint density at radius 1 is 1.18 bits per heavy atom. The smallest absolute Gasteiger partial charge is 0.273 e. The molecule has 1 fully saturated rings. The van der Waals surface area contributed by atoms with Crippen LogP contribution < -0.4 is 0 Å².